The van der Waals surface area contributed by atoms with Crippen LogP contribution >= 0.6 is 0 Å². The number of ether oxygens (including phenoxy) is 3. The second kappa shape index (κ2) is 11.8. The van der Waals surface area contributed by atoms with E-state index in [1.54, 1.807) is 24.3 Å². The lowest BCUT2D eigenvalue weighted by molar-refractivity contribution is -0.276. The van der Waals surface area contributed by atoms with Gasteiger partial charge in [0, 0.05) is 40.1 Å². The summed E-state index contributed by atoms with van der Waals surface area (Å²) in [4.78, 5) is 40.2. The van der Waals surface area contributed by atoms with Gasteiger partial charge in [-0.1, -0.05) is 33.8 Å². The molecule has 3 aromatic carbocycles. The highest BCUT2D eigenvalue weighted by atomic mass is 16.6. The van der Waals surface area contributed by atoms with E-state index in [2.05, 4.69) is 50.9 Å². The minimum Gasteiger partial charge on any atom is -0.485 e. The van der Waals surface area contributed by atoms with Crippen LogP contribution in [-0.2, 0) is 11.8 Å². The van der Waals surface area contributed by atoms with Crippen molar-refractivity contribution in [2.75, 3.05) is 18.4 Å². The van der Waals surface area contributed by atoms with Crippen LogP contribution in [0.2, 0.25) is 0 Å². The van der Waals surface area contributed by atoms with E-state index in [-0.39, 0.29) is 50.6 Å². The lowest BCUT2D eigenvalue weighted by atomic mass is 9.31. The molecule has 2 aliphatic heterocycles. The van der Waals surface area contributed by atoms with Gasteiger partial charge in [0.2, 0.25) is 0 Å². The third-order valence-electron chi connectivity index (χ3n) is 14.9. The summed E-state index contributed by atoms with van der Waals surface area (Å²) in [5, 5.41) is 24.4. The number of aliphatic hydroxyl groups is 1. The van der Waals surface area contributed by atoms with Crippen molar-refractivity contribution in [1.29, 1.82) is 0 Å². The number of benzene rings is 3. The number of fused-ring (bicyclic) bond motifs is 2. The molecule has 7 atom stereocenters. The molecule has 1 amide bonds. The zero-order chi connectivity index (χ0) is 38.0. The Balaban J connectivity index is 0.990. The number of piperidine rings is 1. The van der Waals surface area contributed by atoms with Gasteiger partial charge in [0.25, 0.3) is 0 Å². The van der Waals surface area contributed by atoms with Crippen molar-refractivity contribution in [3.63, 3.8) is 0 Å². The Labute approximate surface area is 316 Å². The predicted octanol–water partition coefficient (Wildman–Crippen LogP) is 7.86. The van der Waals surface area contributed by atoms with Gasteiger partial charge in [-0.3, -0.25) is 10.2 Å². The van der Waals surface area contributed by atoms with Crippen molar-refractivity contribution in [1.82, 2.24) is 4.90 Å². The van der Waals surface area contributed by atoms with Gasteiger partial charge in [-0.2, -0.15) is 0 Å². The fourth-order valence-electron chi connectivity index (χ4n) is 11.5. The third-order valence-corrected chi connectivity index (χ3v) is 14.9. The molecule has 5 fully saturated rings. The highest BCUT2D eigenvalue weighted by Crippen LogP contribution is 2.79. The Bertz CT molecular complexity index is 2050. The standard InChI is InChI=1S/C44H50N2O8/c1-40(2,3)42(5,51)32-23-43-19-18-41(32,4)38-44(43)20-21-46(24-25-6-7-25)33(43)22-28-12-17-31(35(54-38)34(28)44)53-39(50)45-29-13-8-27(9-14-29)37(49)52-30-15-10-26(11-16-30)36(47)48/h8-17,25,32-33,38,51H,6-7,18-24H2,1-5H3,(H,45,50)(H,47,48)/t32-,33+,38-,41+,42?,43+,44-/m0/s1. The van der Waals surface area contributed by atoms with E-state index in [1.165, 1.54) is 48.2 Å². The molecule has 4 saturated carbocycles. The van der Waals surface area contributed by atoms with E-state index >= 15 is 0 Å². The van der Waals surface area contributed by atoms with Gasteiger partial charge in [0.05, 0.1) is 16.7 Å². The Hall–Kier alpha value is -4.41. The lowest BCUT2D eigenvalue weighted by Gasteiger charge is -2.75. The molecule has 2 heterocycles. The third kappa shape index (κ3) is 5.01. The van der Waals surface area contributed by atoms with Crippen LogP contribution in [0.4, 0.5) is 10.5 Å². The summed E-state index contributed by atoms with van der Waals surface area (Å²) in [6.07, 6.45) is 6.83. The van der Waals surface area contributed by atoms with E-state index in [0.29, 0.717) is 23.2 Å². The van der Waals surface area contributed by atoms with Gasteiger partial charge in [0.1, 0.15) is 11.9 Å². The molecule has 3 N–H and O–H groups in total. The summed E-state index contributed by atoms with van der Waals surface area (Å²) in [6, 6.07) is 16.3. The number of carboxylic acids is 1. The van der Waals surface area contributed by atoms with Crippen molar-refractivity contribution in [3.8, 4) is 17.2 Å². The molecule has 4 bridgehead atoms. The average molecular weight is 735 g/mol. The number of carboxylic acid groups (broad SMARTS) is 1. The molecule has 2 spiro atoms. The number of carbonyl (C=O) groups excluding carboxylic acids is 2. The average Bonchev–Trinajstić information content (AvgIpc) is 3.87. The molecule has 1 unspecified atom stereocenters. The normalized spacial score (nSPS) is 31.5. The molecule has 54 heavy (non-hydrogen) atoms. The van der Waals surface area contributed by atoms with Crippen LogP contribution in [0.5, 0.6) is 17.2 Å². The smallest absolute Gasteiger partial charge is 0.417 e. The summed E-state index contributed by atoms with van der Waals surface area (Å²) in [7, 11) is 0. The quantitative estimate of drug-likeness (QED) is 0.156. The number of nitrogens with one attached hydrogen (secondary N) is 1. The van der Waals surface area contributed by atoms with E-state index in [0.717, 1.165) is 51.1 Å². The first-order valence-corrected chi connectivity index (χ1v) is 19.5. The number of amides is 1. The van der Waals surface area contributed by atoms with Gasteiger partial charge in [-0.05, 0) is 136 Å². The molecule has 3 aromatic rings. The fraction of sp³-hybridized carbons (Fsp3) is 0.523. The molecular weight excluding hydrogens is 684 g/mol. The van der Waals surface area contributed by atoms with Crippen molar-refractivity contribution >= 4 is 23.7 Å². The largest absolute Gasteiger partial charge is 0.485 e. The molecule has 0 radical (unpaired) electrons. The molecule has 1 saturated heterocycles. The summed E-state index contributed by atoms with van der Waals surface area (Å²) in [5.74, 6) is 0.458. The number of likely N-dealkylation sites (tertiary alicyclic amines) is 1. The SMILES string of the molecule is CC(C)(C)C(C)(O)[C@H]1C[C@@]23CC[C@@]1(C)[C@@H]1Oc4c(OC(=O)Nc5ccc(C(=O)Oc6ccc(C(=O)O)cc6)cc5)ccc5c4[C@@]12CCN(CC1CC1)[C@@H]3C5. The first kappa shape index (κ1) is 35.3. The number of hydrogen-bond donors (Lipinski definition) is 3. The predicted molar refractivity (Wildman–Crippen MR) is 201 cm³/mol. The Morgan fingerprint density at radius 2 is 1.63 bits per heavy atom. The zero-order valence-electron chi connectivity index (χ0n) is 31.7. The first-order valence-electron chi connectivity index (χ1n) is 19.5. The van der Waals surface area contributed by atoms with Crippen molar-refractivity contribution in [2.45, 2.75) is 103 Å². The fourth-order valence-corrected chi connectivity index (χ4v) is 11.5. The number of aromatic carboxylic acids is 1. The first-order chi connectivity index (χ1) is 25.6. The van der Waals surface area contributed by atoms with Crippen molar-refractivity contribution < 1.29 is 38.8 Å². The summed E-state index contributed by atoms with van der Waals surface area (Å²) in [6.45, 7) is 13.1. The number of hydrogen-bond acceptors (Lipinski definition) is 8. The van der Waals surface area contributed by atoms with Gasteiger partial charge in [-0.15, -0.1) is 0 Å². The maximum absolute atomic E-state index is 13.5. The maximum Gasteiger partial charge on any atom is 0.417 e. The Morgan fingerprint density at radius 1 is 0.926 bits per heavy atom. The van der Waals surface area contributed by atoms with Gasteiger partial charge >= 0.3 is 18.0 Å². The van der Waals surface area contributed by atoms with Crippen molar-refractivity contribution in [3.05, 3.63) is 82.9 Å². The van der Waals surface area contributed by atoms with Gasteiger partial charge in [0.15, 0.2) is 11.5 Å². The van der Waals surface area contributed by atoms with Crippen LogP contribution in [0.1, 0.15) is 105 Å². The molecule has 5 aliphatic carbocycles. The monoisotopic (exact) mass is 734 g/mol. The van der Waals surface area contributed by atoms with Crippen LogP contribution in [-0.4, -0.2) is 64.0 Å². The maximum atomic E-state index is 13.5. The van der Waals surface area contributed by atoms with Crippen LogP contribution in [0.15, 0.2) is 60.7 Å². The molecule has 10 rings (SSSR count). The van der Waals surface area contributed by atoms with E-state index in [4.69, 9.17) is 19.3 Å². The topological polar surface area (TPSA) is 135 Å². The molecule has 10 nitrogen and oxygen atoms in total. The van der Waals surface area contributed by atoms with Gasteiger partial charge in [-0.25, -0.2) is 14.4 Å². The Kier molecular flexibility index (Phi) is 7.71. The van der Waals surface area contributed by atoms with E-state index in [1.807, 2.05) is 6.07 Å². The highest BCUT2D eigenvalue weighted by molar-refractivity contribution is 5.93. The molecule has 10 heteroatoms. The van der Waals surface area contributed by atoms with Crippen LogP contribution in [0.25, 0.3) is 0 Å². The Morgan fingerprint density at radius 3 is 2.30 bits per heavy atom. The number of anilines is 1. The van der Waals surface area contributed by atoms with E-state index < -0.39 is 23.6 Å². The number of rotatable bonds is 8. The zero-order valence-corrected chi connectivity index (χ0v) is 31.7. The second-order valence-corrected chi connectivity index (χ2v) is 18.4. The minimum atomic E-state index is -1.07. The highest BCUT2D eigenvalue weighted by Gasteiger charge is 2.80. The molecule has 7 aliphatic rings. The molecule has 284 valence electrons. The van der Waals surface area contributed by atoms with Crippen molar-refractivity contribution in [2.24, 2.45) is 28.1 Å². The van der Waals surface area contributed by atoms with Crippen LogP contribution in [0.3, 0.4) is 0 Å². The summed E-state index contributed by atoms with van der Waals surface area (Å²) < 4.78 is 18.7. The minimum absolute atomic E-state index is 0.0431. The van der Waals surface area contributed by atoms with E-state index in [9.17, 15) is 19.5 Å². The molecular formula is C44H50N2O8. The van der Waals surface area contributed by atoms with Gasteiger partial charge < -0.3 is 24.4 Å². The second-order valence-electron chi connectivity index (χ2n) is 18.4. The molecule has 0 aromatic heterocycles. The number of carbonyl (C=O) groups is 3. The number of nitrogens with zero attached hydrogens (tertiary/aromatic N) is 1. The van der Waals surface area contributed by atoms with Crippen LogP contribution < -0.4 is 19.5 Å². The van der Waals surface area contributed by atoms with Crippen LogP contribution in [0, 0.1) is 28.1 Å². The number of esters is 1. The lowest BCUT2D eigenvalue weighted by Crippen LogP contribution is -2.80. The summed E-state index contributed by atoms with van der Waals surface area (Å²) >= 11 is 0. The summed E-state index contributed by atoms with van der Waals surface area (Å²) in [5.41, 5.74) is 1.55.